The molecule has 0 radical (unpaired) electrons. The zero-order chi connectivity index (χ0) is 21.4. The Morgan fingerprint density at radius 1 is 1.13 bits per heavy atom. The van der Waals surface area contributed by atoms with E-state index in [-0.39, 0.29) is 43.1 Å². The fraction of sp³-hybridized carbons (Fsp3) is 0.158. The van der Waals surface area contributed by atoms with E-state index < -0.39 is 17.5 Å². The fourth-order valence-corrected chi connectivity index (χ4v) is 4.93. The van der Waals surface area contributed by atoms with E-state index in [2.05, 4.69) is 25.6 Å². The molecular formula is C19H11ClF3N7S. The van der Waals surface area contributed by atoms with Crippen molar-refractivity contribution in [2.24, 2.45) is 0 Å². The van der Waals surface area contributed by atoms with Gasteiger partial charge in [0, 0.05) is 35.7 Å². The SMILES string of the molecule is Nc1nc2c(-c3c(Cl)cc4c(ncc5nnn(C6CNC6)c54)c3F)c(F)cc(F)c2s1. The largest absolute Gasteiger partial charge is 0.375 e. The Balaban J connectivity index is 1.70. The topological polar surface area (TPSA) is 94.5 Å². The van der Waals surface area contributed by atoms with Gasteiger partial charge >= 0.3 is 0 Å². The first-order valence-corrected chi connectivity index (χ1v) is 10.4. The van der Waals surface area contributed by atoms with Gasteiger partial charge in [-0.3, -0.25) is 4.98 Å². The summed E-state index contributed by atoms with van der Waals surface area (Å²) in [4.78, 5) is 8.19. The van der Waals surface area contributed by atoms with Gasteiger partial charge in [0.1, 0.15) is 28.2 Å². The molecule has 0 atom stereocenters. The number of rotatable bonds is 2. The van der Waals surface area contributed by atoms with E-state index in [9.17, 15) is 8.78 Å². The number of hydrogen-bond acceptors (Lipinski definition) is 7. The summed E-state index contributed by atoms with van der Waals surface area (Å²) in [7, 11) is 0. The van der Waals surface area contributed by atoms with Crippen LogP contribution in [0, 0.1) is 17.5 Å². The predicted molar refractivity (Wildman–Crippen MR) is 113 cm³/mol. The van der Waals surface area contributed by atoms with Crippen LogP contribution in [0.3, 0.4) is 0 Å². The maximum atomic E-state index is 15.8. The van der Waals surface area contributed by atoms with Crippen LogP contribution < -0.4 is 11.1 Å². The Labute approximate surface area is 180 Å². The van der Waals surface area contributed by atoms with E-state index in [0.29, 0.717) is 35.6 Å². The van der Waals surface area contributed by atoms with Crippen LogP contribution in [0.2, 0.25) is 5.02 Å². The number of hydrogen-bond donors (Lipinski definition) is 2. The lowest BCUT2D eigenvalue weighted by Gasteiger charge is -2.27. The third kappa shape index (κ3) is 2.57. The maximum Gasteiger partial charge on any atom is 0.181 e. The molecule has 0 amide bonds. The van der Waals surface area contributed by atoms with Crippen molar-refractivity contribution >= 4 is 60.2 Å². The Morgan fingerprint density at radius 3 is 2.68 bits per heavy atom. The Morgan fingerprint density at radius 2 is 1.94 bits per heavy atom. The van der Waals surface area contributed by atoms with Crippen molar-refractivity contribution in [3.63, 3.8) is 0 Å². The molecule has 2 aromatic carbocycles. The number of nitrogens with zero attached hydrogens (tertiary/aromatic N) is 5. The van der Waals surface area contributed by atoms with Crippen LogP contribution in [0.4, 0.5) is 18.3 Å². The molecule has 0 bridgehead atoms. The maximum absolute atomic E-state index is 15.8. The first-order chi connectivity index (χ1) is 14.9. The Hall–Kier alpha value is -3.02. The van der Waals surface area contributed by atoms with Gasteiger partial charge in [0.05, 0.1) is 27.5 Å². The molecule has 6 rings (SSSR count). The standard InChI is InChI=1S/C19H11ClF3N7S/c20-8-1-7-15(26-5-11-17(7)30(29-28-11)6-3-25-4-6)14(23)12(8)13-9(21)2-10(22)18-16(13)27-19(24)31-18/h1-2,5-6,25H,3-4H2,(H2,24,27). The molecule has 1 fully saturated rings. The summed E-state index contributed by atoms with van der Waals surface area (Å²) >= 11 is 7.31. The molecular weight excluding hydrogens is 451 g/mol. The molecule has 1 saturated heterocycles. The molecule has 0 spiro atoms. The second-order valence-corrected chi connectivity index (χ2v) is 8.66. The summed E-state index contributed by atoms with van der Waals surface area (Å²) in [5.41, 5.74) is 6.15. The summed E-state index contributed by atoms with van der Waals surface area (Å²) in [6, 6.07) is 2.25. The van der Waals surface area contributed by atoms with E-state index in [4.69, 9.17) is 17.3 Å². The van der Waals surface area contributed by atoms with E-state index in [1.54, 1.807) is 4.68 Å². The summed E-state index contributed by atoms with van der Waals surface area (Å²) < 4.78 is 46.6. The highest BCUT2D eigenvalue weighted by Gasteiger charge is 2.28. The molecule has 7 nitrogen and oxygen atoms in total. The van der Waals surface area contributed by atoms with Gasteiger partial charge in [-0.15, -0.1) is 5.10 Å². The summed E-state index contributed by atoms with van der Waals surface area (Å²) in [5.74, 6) is -2.67. The molecule has 0 saturated carbocycles. The molecule has 3 N–H and O–H groups in total. The molecule has 0 unspecified atom stereocenters. The summed E-state index contributed by atoms with van der Waals surface area (Å²) in [5, 5.41) is 11.8. The lowest BCUT2D eigenvalue weighted by molar-refractivity contribution is 0.321. The van der Waals surface area contributed by atoms with E-state index in [1.807, 2.05) is 0 Å². The summed E-state index contributed by atoms with van der Waals surface area (Å²) in [6.45, 7) is 1.42. The molecule has 1 aliphatic rings. The summed E-state index contributed by atoms with van der Waals surface area (Å²) in [6.07, 6.45) is 1.41. The number of aromatic nitrogens is 5. The minimum absolute atomic E-state index is 0.0210. The van der Waals surface area contributed by atoms with Crippen LogP contribution in [0.5, 0.6) is 0 Å². The zero-order valence-corrected chi connectivity index (χ0v) is 17.0. The first-order valence-electron chi connectivity index (χ1n) is 9.20. The number of nitrogens with one attached hydrogen (secondary N) is 1. The Bertz CT molecular complexity index is 1540. The van der Waals surface area contributed by atoms with Crippen molar-refractivity contribution in [3.05, 3.63) is 40.8 Å². The second-order valence-electron chi connectivity index (χ2n) is 7.23. The quantitative estimate of drug-likeness (QED) is 0.412. The lowest BCUT2D eigenvalue weighted by atomic mass is 10.00. The second kappa shape index (κ2) is 6.49. The van der Waals surface area contributed by atoms with Gasteiger partial charge in [0.2, 0.25) is 0 Å². The molecule has 0 aliphatic carbocycles. The molecule has 12 heteroatoms. The van der Waals surface area contributed by atoms with Gasteiger partial charge in [-0.25, -0.2) is 22.8 Å². The lowest BCUT2D eigenvalue weighted by Crippen LogP contribution is -2.43. The number of thiazole rings is 1. The molecule has 4 heterocycles. The van der Waals surface area contributed by atoms with Gasteiger partial charge in [-0.05, 0) is 6.07 Å². The minimum atomic E-state index is -0.997. The van der Waals surface area contributed by atoms with Gasteiger partial charge < -0.3 is 11.1 Å². The van der Waals surface area contributed by atoms with Crippen LogP contribution >= 0.6 is 22.9 Å². The van der Waals surface area contributed by atoms with E-state index >= 15 is 4.39 Å². The van der Waals surface area contributed by atoms with Crippen LogP contribution in [0.15, 0.2) is 18.3 Å². The van der Waals surface area contributed by atoms with Crippen molar-refractivity contribution < 1.29 is 13.2 Å². The number of benzene rings is 2. The number of halogens is 4. The zero-order valence-electron chi connectivity index (χ0n) is 15.5. The molecule has 156 valence electrons. The van der Waals surface area contributed by atoms with E-state index in [0.717, 1.165) is 11.3 Å². The van der Waals surface area contributed by atoms with Gasteiger partial charge in [-0.2, -0.15) is 0 Å². The average molecular weight is 462 g/mol. The molecule has 1 aliphatic heterocycles. The van der Waals surface area contributed by atoms with Crippen LogP contribution in [-0.2, 0) is 0 Å². The van der Waals surface area contributed by atoms with Crippen molar-refractivity contribution in [1.82, 2.24) is 30.3 Å². The van der Waals surface area contributed by atoms with Gasteiger partial charge in [-0.1, -0.05) is 28.2 Å². The number of anilines is 1. The highest BCUT2D eigenvalue weighted by molar-refractivity contribution is 7.22. The smallest absolute Gasteiger partial charge is 0.181 e. The third-order valence-electron chi connectivity index (χ3n) is 5.43. The van der Waals surface area contributed by atoms with Crippen molar-refractivity contribution in [1.29, 1.82) is 0 Å². The normalized spacial score (nSPS) is 14.7. The fourth-order valence-electron chi connectivity index (χ4n) is 3.89. The third-order valence-corrected chi connectivity index (χ3v) is 6.62. The molecule has 3 aromatic heterocycles. The van der Waals surface area contributed by atoms with Gasteiger partial charge in [0.15, 0.2) is 10.9 Å². The number of pyridine rings is 1. The van der Waals surface area contributed by atoms with Crippen molar-refractivity contribution in [2.45, 2.75) is 6.04 Å². The Kier molecular flexibility index (Phi) is 3.92. The van der Waals surface area contributed by atoms with Crippen molar-refractivity contribution in [2.75, 3.05) is 18.8 Å². The molecule has 5 aromatic rings. The van der Waals surface area contributed by atoms with E-state index in [1.165, 1.54) is 12.3 Å². The van der Waals surface area contributed by atoms with Gasteiger partial charge in [0.25, 0.3) is 0 Å². The molecule has 31 heavy (non-hydrogen) atoms. The van der Waals surface area contributed by atoms with Crippen molar-refractivity contribution in [3.8, 4) is 11.1 Å². The average Bonchev–Trinajstić information content (AvgIpc) is 3.27. The monoisotopic (exact) mass is 461 g/mol. The number of fused-ring (bicyclic) bond motifs is 4. The number of nitrogen functional groups attached to an aromatic ring is 1. The first kappa shape index (κ1) is 18.7. The number of nitrogens with two attached hydrogens (primary N) is 1. The highest BCUT2D eigenvalue weighted by atomic mass is 35.5. The minimum Gasteiger partial charge on any atom is -0.375 e. The highest BCUT2D eigenvalue weighted by Crippen LogP contribution is 2.43. The van der Waals surface area contributed by atoms with Crippen LogP contribution in [-0.4, -0.2) is 38.1 Å². The van der Waals surface area contributed by atoms with Crippen LogP contribution in [0.1, 0.15) is 6.04 Å². The van der Waals surface area contributed by atoms with Crippen LogP contribution in [0.25, 0.3) is 43.3 Å². The predicted octanol–water partition coefficient (Wildman–Crippen LogP) is 4.05.